The first-order valence-corrected chi connectivity index (χ1v) is 12.0. The van der Waals surface area contributed by atoms with E-state index in [0.717, 1.165) is 18.4 Å². The van der Waals surface area contributed by atoms with Crippen molar-refractivity contribution in [2.45, 2.75) is 82.8 Å². The van der Waals surface area contributed by atoms with Gasteiger partial charge >= 0.3 is 0 Å². The normalized spacial score (nSPS) is 35.2. The summed E-state index contributed by atoms with van der Waals surface area (Å²) in [6.45, 7) is 4.07. The molecule has 0 aromatic carbocycles. The van der Waals surface area contributed by atoms with Crippen LogP contribution < -0.4 is 0 Å². The smallest absolute Gasteiger partial charge is 0.247 e. The van der Waals surface area contributed by atoms with Crippen molar-refractivity contribution in [3.63, 3.8) is 0 Å². The van der Waals surface area contributed by atoms with Gasteiger partial charge in [-0.1, -0.05) is 91.8 Å². The number of hydrogen-bond donors (Lipinski definition) is 3. The largest absolute Gasteiger partial charge is 0.393 e. The van der Waals surface area contributed by atoms with E-state index in [-0.39, 0.29) is 18.4 Å². The van der Waals surface area contributed by atoms with Crippen LogP contribution in [0.2, 0.25) is 0 Å². The number of fused-ring (bicyclic) bond motifs is 1. The lowest BCUT2D eigenvalue weighted by Crippen LogP contribution is -2.41. The zero-order valence-corrected chi connectivity index (χ0v) is 19.8. The molecular formula is C28H39NO4. The van der Waals surface area contributed by atoms with E-state index >= 15 is 0 Å². The maximum atomic E-state index is 13.1. The number of amides is 1. The van der Waals surface area contributed by atoms with E-state index in [9.17, 15) is 20.1 Å². The summed E-state index contributed by atoms with van der Waals surface area (Å²) in [5, 5.41) is 30.9. The number of unbranched alkanes of at least 4 members (excludes halogenated alkanes) is 1. The molecule has 1 fully saturated rings. The minimum atomic E-state index is -0.729. The van der Waals surface area contributed by atoms with Crippen LogP contribution in [0, 0.1) is 0 Å². The van der Waals surface area contributed by atoms with Crippen LogP contribution in [0.15, 0.2) is 84.6 Å². The average molecular weight is 454 g/mol. The van der Waals surface area contributed by atoms with Gasteiger partial charge in [0.1, 0.15) is 0 Å². The van der Waals surface area contributed by atoms with Crippen molar-refractivity contribution in [2.75, 3.05) is 0 Å². The van der Waals surface area contributed by atoms with Gasteiger partial charge in [-0.2, -0.15) is 0 Å². The molecule has 0 aliphatic carbocycles. The van der Waals surface area contributed by atoms with Crippen molar-refractivity contribution in [3.05, 3.63) is 84.6 Å². The molecule has 0 radical (unpaired) electrons. The van der Waals surface area contributed by atoms with E-state index in [1.807, 2.05) is 37.3 Å². The predicted octanol–water partition coefficient (Wildman–Crippen LogP) is 4.31. The summed E-state index contributed by atoms with van der Waals surface area (Å²) >= 11 is 0. The van der Waals surface area contributed by atoms with Crippen LogP contribution in [-0.2, 0) is 4.79 Å². The summed E-state index contributed by atoms with van der Waals surface area (Å²) in [4.78, 5) is 14.9. The monoisotopic (exact) mass is 453 g/mol. The second-order valence-electron chi connectivity index (χ2n) is 8.71. The van der Waals surface area contributed by atoms with E-state index < -0.39 is 24.4 Å². The molecule has 3 N–H and O–H groups in total. The zero-order valence-electron chi connectivity index (χ0n) is 19.8. The molecule has 180 valence electrons. The Morgan fingerprint density at radius 1 is 1.03 bits per heavy atom. The third-order valence-electron chi connectivity index (χ3n) is 5.77. The van der Waals surface area contributed by atoms with Crippen molar-refractivity contribution in [1.82, 2.24) is 4.90 Å². The van der Waals surface area contributed by atoms with Gasteiger partial charge in [-0.3, -0.25) is 4.79 Å². The van der Waals surface area contributed by atoms with Crippen LogP contribution >= 0.6 is 0 Å². The van der Waals surface area contributed by atoms with Gasteiger partial charge in [0.2, 0.25) is 5.91 Å². The van der Waals surface area contributed by atoms with Crippen molar-refractivity contribution >= 4 is 5.91 Å². The highest BCUT2D eigenvalue weighted by Crippen LogP contribution is 2.29. The summed E-state index contributed by atoms with van der Waals surface area (Å²) in [7, 11) is 0. The van der Waals surface area contributed by atoms with E-state index in [1.54, 1.807) is 35.3 Å². The first-order chi connectivity index (χ1) is 15.9. The minimum absolute atomic E-state index is 0.0890. The average Bonchev–Trinajstić information content (AvgIpc) is 3.07. The summed E-state index contributed by atoms with van der Waals surface area (Å²) in [5.41, 5.74) is 0.919. The van der Waals surface area contributed by atoms with Crippen LogP contribution in [0.4, 0.5) is 0 Å². The van der Waals surface area contributed by atoms with E-state index in [2.05, 4.69) is 19.1 Å². The Balaban J connectivity index is 2.26. The maximum absolute atomic E-state index is 13.1. The molecule has 5 heteroatoms. The minimum Gasteiger partial charge on any atom is -0.393 e. The quantitative estimate of drug-likeness (QED) is 0.542. The highest BCUT2D eigenvalue weighted by molar-refractivity contribution is 5.89. The van der Waals surface area contributed by atoms with Gasteiger partial charge in [-0.15, -0.1) is 0 Å². The summed E-state index contributed by atoms with van der Waals surface area (Å²) < 4.78 is 0. The number of rotatable bonds is 5. The topological polar surface area (TPSA) is 81.0 Å². The van der Waals surface area contributed by atoms with Crippen molar-refractivity contribution in [1.29, 1.82) is 0 Å². The van der Waals surface area contributed by atoms with E-state index in [1.165, 1.54) is 6.08 Å². The van der Waals surface area contributed by atoms with Gasteiger partial charge in [-0.25, -0.2) is 0 Å². The molecule has 0 saturated carbocycles. The standard InChI is InChI=1S/C28H39NO4/c1-3-4-5-6-7-9-15-23-20-27(32)26-19-22(2)14-12-13-17-25(31)21-24(30)16-10-8-11-18-28(33)29(23)26/h5-14,17-19,23-27,30-32H,3-4,15-16,20-21H2,1-2H3/b6-5+,9-7+,10-8+,14-12+,17-13+,18-11+,22-19+/t23-,24-,25-,26+,27-/m0/s1. The second kappa shape index (κ2) is 14.6. The van der Waals surface area contributed by atoms with Crippen LogP contribution in [-0.4, -0.2) is 56.5 Å². The molecule has 5 nitrogen and oxygen atoms in total. The Kier molecular flexibility index (Phi) is 11.9. The lowest BCUT2D eigenvalue weighted by Gasteiger charge is -2.28. The molecule has 0 aromatic heterocycles. The van der Waals surface area contributed by atoms with Gasteiger partial charge < -0.3 is 20.2 Å². The highest BCUT2D eigenvalue weighted by Gasteiger charge is 2.40. The SMILES string of the molecule is CCC/C=C/C=C/C[C@H]1C[C@H](O)[C@H]2/C=C(C)/C=C/C=C/[C@H](O)C[C@@H](O)C/C=C/C=C/C(=O)N12. The van der Waals surface area contributed by atoms with E-state index in [0.29, 0.717) is 19.3 Å². The number of allylic oxidation sites excluding steroid dienone is 9. The van der Waals surface area contributed by atoms with Gasteiger partial charge in [0.15, 0.2) is 0 Å². The number of aliphatic hydroxyl groups excluding tert-OH is 3. The number of carbonyl (C=O) groups excluding carboxylic acids is 1. The fourth-order valence-corrected chi connectivity index (χ4v) is 4.06. The Bertz CT molecular complexity index is 818. The van der Waals surface area contributed by atoms with Gasteiger partial charge in [0.05, 0.1) is 24.4 Å². The maximum Gasteiger partial charge on any atom is 0.247 e. The molecule has 2 rings (SSSR count). The van der Waals surface area contributed by atoms with Crippen LogP contribution in [0.25, 0.3) is 0 Å². The van der Waals surface area contributed by atoms with Crippen molar-refractivity contribution in [3.8, 4) is 0 Å². The number of nitrogens with zero attached hydrogens (tertiary/aromatic N) is 1. The van der Waals surface area contributed by atoms with Crippen LogP contribution in [0.5, 0.6) is 0 Å². The number of aliphatic hydroxyl groups is 3. The molecule has 0 unspecified atom stereocenters. The van der Waals surface area contributed by atoms with Gasteiger partial charge in [0.25, 0.3) is 0 Å². The van der Waals surface area contributed by atoms with Crippen molar-refractivity contribution < 1.29 is 20.1 Å². The van der Waals surface area contributed by atoms with Gasteiger partial charge in [-0.05, 0) is 32.6 Å². The molecule has 0 aromatic rings. The first kappa shape index (κ1) is 26.8. The molecule has 5 atom stereocenters. The summed E-state index contributed by atoms with van der Waals surface area (Å²) in [6.07, 6.45) is 25.9. The molecule has 1 amide bonds. The zero-order chi connectivity index (χ0) is 24.1. The fraction of sp³-hybridized carbons (Fsp3) is 0.464. The molecular weight excluding hydrogens is 414 g/mol. The molecule has 33 heavy (non-hydrogen) atoms. The van der Waals surface area contributed by atoms with Gasteiger partial charge in [0, 0.05) is 18.5 Å². The Morgan fingerprint density at radius 3 is 2.58 bits per heavy atom. The second-order valence-corrected chi connectivity index (χ2v) is 8.71. The molecule has 2 heterocycles. The molecule has 1 saturated heterocycles. The third kappa shape index (κ3) is 9.50. The summed E-state index contributed by atoms with van der Waals surface area (Å²) in [5.74, 6) is -0.144. The molecule has 0 bridgehead atoms. The lowest BCUT2D eigenvalue weighted by molar-refractivity contribution is -0.128. The highest BCUT2D eigenvalue weighted by atomic mass is 16.3. The molecule has 2 aliphatic rings. The fourth-order valence-electron chi connectivity index (χ4n) is 4.06. The Morgan fingerprint density at radius 2 is 1.79 bits per heavy atom. The Hall–Kier alpha value is -2.47. The summed E-state index contributed by atoms with van der Waals surface area (Å²) in [6, 6.07) is -0.495. The molecule has 0 spiro atoms. The van der Waals surface area contributed by atoms with E-state index in [4.69, 9.17) is 0 Å². The lowest BCUT2D eigenvalue weighted by atomic mass is 10.1. The Labute approximate surface area is 198 Å². The van der Waals surface area contributed by atoms with Crippen LogP contribution in [0.1, 0.15) is 52.4 Å². The van der Waals surface area contributed by atoms with Crippen molar-refractivity contribution in [2.24, 2.45) is 0 Å². The predicted molar refractivity (Wildman–Crippen MR) is 134 cm³/mol. The van der Waals surface area contributed by atoms with Crippen LogP contribution in [0.3, 0.4) is 0 Å². The number of carbonyl (C=O) groups is 1. The number of hydrogen-bond acceptors (Lipinski definition) is 4. The first-order valence-electron chi connectivity index (χ1n) is 12.0. The molecule has 2 aliphatic heterocycles. The third-order valence-corrected chi connectivity index (χ3v) is 5.77.